The molecule has 0 unspecified atom stereocenters. The Balaban J connectivity index is 2.00. The molecule has 0 aliphatic heterocycles. The number of anilines is 1. The molecule has 0 saturated heterocycles. The fraction of sp³-hybridized carbons (Fsp3) is 0.278. The summed E-state index contributed by atoms with van der Waals surface area (Å²) in [6, 6.07) is 8.94. The molecule has 0 heterocycles. The third-order valence-corrected chi connectivity index (χ3v) is 6.06. The molecule has 2 aromatic carbocycles. The van der Waals surface area contributed by atoms with Crippen molar-refractivity contribution in [1.29, 1.82) is 0 Å². The summed E-state index contributed by atoms with van der Waals surface area (Å²) < 4.78 is 33.1. The van der Waals surface area contributed by atoms with Gasteiger partial charge >= 0.3 is 0 Å². The lowest BCUT2D eigenvalue weighted by Gasteiger charge is -2.20. The van der Waals surface area contributed by atoms with Crippen LogP contribution in [0.3, 0.4) is 0 Å². The zero-order valence-corrected chi connectivity index (χ0v) is 19.3. The molecule has 10 heteroatoms. The first kappa shape index (κ1) is 23.0. The smallest absolute Gasteiger partial charge is 0.262 e. The van der Waals surface area contributed by atoms with Gasteiger partial charge in [-0.25, -0.2) is 13.1 Å². The molecule has 0 radical (unpaired) electrons. The molecule has 0 atom stereocenters. The van der Waals surface area contributed by atoms with Gasteiger partial charge in [0.2, 0.25) is 10.0 Å². The maximum absolute atomic E-state index is 12.3. The highest BCUT2D eigenvalue weighted by Gasteiger charge is 2.21. The molecule has 0 aromatic heterocycles. The van der Waals surface area contributed by atoms with Crippen LogP contribution in [-0.4, -0.2) is 26.5 Å². The Kier molecular flexibility index (Phi) is 7.38. The van der Waals surface area contributed by atoms with Gasteiger partial charge in [-0.3, -0.25) is 4.79 Å². The van der Waals surface area contributed by atoms with Gasteiger partial charge in [0.1, 0.15) is 0 Å². The van der Waals surface area contributed by atoms with Gasteiger partial charge in [0, 0.05) is 16.2 Å². The number of ether oxygens (including phenoxy) is 1. The van der Waals surface area contributed by atoms with Crippen LogP contribution in [0.2, 0.25) is 10.0 Å². The summed E-state index contributed by atoms with van der Waals surface area (Å²) in [6.07, 6.45) is 0. The molecule has 0 aliphatic carbocycles. The van der Waals surface area contributed by atoms with E-state index in [2.05, 4.69) is 26.0 Å². The Bertz CT molecular complexity index is 951. The lowest BCUT2D eigenvalue weighted by atomic mass is 10.1. The van der Waals surface area contributed by atoms with E-state index < -0.39 is 21.5 Å². The average Bonchev–Trinajstić information content (AvgIpc) is 2.52. The monoisotopic (exact) mass is 508 g/mol. The van der Waals surface area contributed by atoms with Gasteiger partial charge in [-0.2, -0.15) is 0 Å². The molecule has 0 fully saturated rings. The van der Waals surface area contributed by atoms with E-state index in [1.54, 1.807) is 26.8 Å². The fourth-order valence-corrected chi connectivity index (χ4v) is 4.97. The maximum Gasteiger partial charge on any atom is 0.262 e. The van der Waals surface area contributed by atoms with Gasteiger partial charge in [0.05, 0.1) is 14.4 Å². The highest BCUT2D eigenvalue weighted by atomic mass is 79.9. The molecule has 0 spiro atoms. The van der Waals surface area contributed by atoms with Crippen LogP contribution in [0.1, 0.15) is 20.8 Å². The van der Waals surface area contributed by atoms with Crippen molar-refractivity contribution in [2.75, 3.05) is 11.9 Å². The van der Waals surface area contributed by atoms with Crippen LogP contribution in [0.15, 0.2) is 45.8 Å². The first-order valence-corrected chi connectivity index (χ1v) is 11.1. The van der Waals surface area contributed by atoms with Gasteiger partial charge in [-0.1, -0.05) is 23.2 Å². The van der Waals surface area contributed by atoms with Crippen molar-refractivity contribution in [3.63, 3.8) is 0 Å². The third kappa shape index (κ3) is 6.63. The summed E-state index contributed by atoms with van der Waals surface area (Å²) in [5.41, 5.74) is -0.162. The quantitative estimate of drug-likeness (QED) is 0.582. The second kappa shape index (κ2) is 9.00. The SMILES string of the molecule is CC(C)(C)NS(=O)(=O)c1ccc(NC(=O)COc2c(Cl)cc(Cl)cc2Br)cc1. The van der Waals surface area contributed by atoms with Gasteiger partial charge in [0.25, 0.3) is 5.91 Å². The number of sulfonamides is 1. The number of hydrogen-bond donors (Lipinski definition) is 2. The summed E-state index contributed by atoms with van der Waals surface area (Å²) >= 11 is 15.2. The number of hydrogen-bond acceptors (Lipinski definition) is 4. The Morgan fingerprint density at radius 2 is 1.75 bits per heavy atom. The van der Waals surface area contributed by atoms with Crippen LogP contribution in [0.4, 0.5) is 5.69 Å². The van der Waals surface area contributed by atoms with Crippen LogP contribution in [0, 0.1) is 0 Å². The summed E-state index contributed by atoms with van der Waals surface area (Å²) in [5.74, 6) is -0.128. The van der Waals surface area contributed by atoms with Crippen molar-refractivity contribution in [3.8, 4) is 5.75 Å². The van der Waals surface area contributed by atoms with E-state index in [0.717, 1.165) is 0 Å². The summed E-state index contributed by atoms with van der Waals surface area (Å²) in [6.45, 7) is 4.98. The van der Waals surface area contributed by atoms with E-state index in [0.29, 0.717) is 20.9 Å². The molecule has 0 aliphatic rings. The Labute approximate surface area is 182 Å². The Morgan fingerprint density at radius 1 is 1.14 bits per heavy atom. The Morgan fingerprint density at radius 3 is 2.29 bits per heavy atom. The zero-order valence-electron chi connectivity index (χ0n) is 15.3. The predicted molar refractivity (Wildman–Crippen MR) is 115 cm³/mol. The third-order valence-electron chi connectivity index (χ3n) is 3.20. The molecule has 0 saturated carbocycles. The van der Waals surface area contributed by atoms with Crippen molar-refractivity contribution < 1.29 is 17.9 Å². The van der Waals surface area contributed by atoms with Crippen LogP contribution in [-0.2, 0) is 14.8 Å². The minimum atomic E-state index is -3.64. The van der Waals surface area contributed by atoms with E-state index in [9.17, 15) is 13.2 Å². The van der Waals surface area contributed by atoms with Crippen LogP contribution >= 0.6 is 39.1 Å². The molecular formula is C18H19BrCl2N2O4S. The first-order chi connectivity index (χ1) is 12.9. The molecule has 152 valence electrons. The standard InChI is InChI=1S/C18H19BrCl2N2O4S/c1-18(2,3)23-28(25,26)13-6-4-12(5-7-13)22-16(24)10-27-17-14(19)8-11(20)9-15(17)21/h4-9,23H,10H2,1-3H3,(H,22,24). The largest absolute Gasteiger partial charge is 0.481 e. The molecule has 2 N–H and O–H groups in total. The van der Waals surface area contributed by atoms with Crippen LogP contribution in [0.25, 0.3) is 0 Å². The number of halogens is 3. The number of benzene rings is 2. The predicted octanol–water partition coefficient (Wildman–Crippen LogP) is 4.85. The molecule has 1 amide bonds. The van der Waals surface area contributed by atoms with Gasteiger partial charge in [-0.05, 0) is 73.1 Å². The van der Waals surface area contributed by atoms with E-state index in [1.165, 1.54) is 30.3 Å². The van der Waals surface area contributed by atoms with Crippen molar-refractivity contribution in [1.82, 2.24) is 4.72 Å². The lowest BCUT2D eigenvalue weighted by molar-refractivity contribution is -0.118. The van der Waals surface area contributed by atoms with Crippen molar-refractivity contribution in [3.05, 3.63) is 50.9 Å². The van der Waals surface area contributed by atoms with Gasteiger partial charge in [-0.15, -0.1) is 0 Å². The summed E-state index contributed by atoms with van der Waals surface area (Å²) in [7, 11) is -3.64. The van der Waals surface area contributed by atoms with E-state index in [4.69, 9.17) is 27.9 Å². The van der Waals surface area contributed by atoms with E-state index in [1.807, 2.05) is 0 Å². The minimum absolute atomic E-state index is 0.105. The number of rotatable bonds is 6. The van der Waals surface area contributed by atoms with Crippen LogP contribution < -0.4 is 14.8 Å². The number of amides is 1. The molecule has 2 rings (SSSR count). The zero-order chi connectivity index (χ0) is 21.1. The Hall–Kier alpha value is -1.32. The molecular weight excluding hydrogens is 491 g/mol. The van der Waals surface area contributed by atoms with E-state index in [-0.39, 0.29) is 16.5 Å². The first-order valence-electron chi connectivity index (χ1n) is 8.09. The molecule has 6 nitrogen and oxygen atoms in total. The highest BCUT2D eigenvalue weighted by Crippen LogP contribution is 2.36. The van der Waals surface area contributed by atoms with Gasteiger partial charge in [0.15, 0.2) is 12.4 Å². The average molecular weight is 510 g/mol. The minimum Gasteiger partial charge on any atom is -0.481 e. The molecule has 28 heavy (non-hydrogen) atoms. The number of carbonyl (C=O) groups is 1. The van der Waals surface area contributed by atoms with Crippen molar-refractivity contribution in [2.45, 2.75) is 31.2 Å². The highest BCUT2D eigenvalue weighted by molar-refractivity contribution is 9.10. The number of carbonyl (C=O) groups excluding carboxylic acids is 1. The van der Waals surface area contributed by atoms with Crippen LogP contribution in [0.5, 0.6) is 5.75 Å². The topological polar surface area (TPSA) is 84.5 Å². The molecule has 0 bridgehead atoms. The lowest BCUT2D eigenvalue weighted by Crippen LogP contribution is -2.40. The second-order valence-electron chi connectivity index (χ2n) is 6.92. The normalized spacial score (nSPS) is 11.9. The molecule has 2 aromatic rings. The van der Waals surface area contributed by atoms with Crippen molar-refractivity contribution >= 4 is 60.7 Å². The van der Waals surface area contributed by atoms with Crippen molar-refractivity contribution in [2.24, 2.45) is 0 Å². The fourth-order valence-electron chi connectivity index (χ4n) is 2.18. The second-order valence-corrected chi connectivity index (χ2v) is 10.3. The maximum atomic E-state index is 12.3. The summed E-state index contributed by atoms with van der Waals surface area (Å²) in [4.78, 5) is 12.2. The number of nitrogens with one attached hydrogen (secondary N) is 2. The summed E-state index contributed by atoms with van der Waals surface area (Å²) in [5, 5.41) is 3.33. The van der Waals surface area contributed by atoms with Gasteiger partial charge < -0.3 is 10.1 Å². The van der Waals surface area contributed by atoms with E-state index >= 15 is 0 Å².